The van der Waals surface area contributed by atoms with Crippen LogP contribution in [0.2, 0.25) is 0 Å². The summed E-state index contributed by atoms with van der Waals surface area (Å²) in [5, 5.41) is 14.2. The zero-order chi connectivity index (χ0) is 11.8. The second-order valence-electron chi connectivity index (χ2n) is 4.10. The molecule has 0 fully saturated rings. The average Bonchev–Trinajstić information content (AvgIpc) is 2.24. The Kier molecular flexibility index (Phi) is 5.53. The van der Waals surface area contributed by atoms with Crippen molar-refractivity contribution in [2.75, 3.05) is 17.2 Å². The molecule has 0 unspecified atom stereocenters. The highest BCUT2D eigenvalue weighted by atomic mass is 15.3. The van der Waals surface area contributed by atoms with E-state index in [9.17, 15) is 0 Å². The Morgan fingerprint density at radius 2 is 2.12 bits per heavy atom. The van der Waals surface area contributed by atoms with Crippen LogP contribution in [0.4, 0.5) is 11.8 Å². The van der Waals surface area contributed by atoms with Crippen molar-refractivity contribution in [3.63, 3.8) is 0 Å². The molecule has 1 aromatic heterocycles. The second kappa shape index (κ2) is 6.98. The van der Waals surface area contributed by atoms with Crippen LogP contribution in [0.3, 0.4) is 0 Å². The summed E-state index contributed by atoms with van der Waals surface area (Å²) < 4.78 is 0. The Bertz CT molecular complexity index is 300. The third-order valence-electron chi connectivity index (χ3n) is 2.06. The molecule has 0 aliphatic heterocycles. The molecule has 0 saturated carbocycles. The topological polar surface area (TPSA) is 62.7 Å². The molecule has 0 bridgehead atoms. The van der Waals surface area contributed by atoms with Gasteiger partial charge in [-0.25, -0.2) is 0 Å². The van der Waals surface area contributed by atoms with E-state index in [1.54, 1.807) is 6.20 Å². The van der Waals surface area contributed by atoms with Gasteiger partial charge in [-0.15, -0.1) is 5.10 Å². The third kappa shape index (κ3) is 4.91. The fourth-order valence-corrected chi connectivity index (χ4v) is 1.30. The van der Waals surface area contributed by atoms with Crippen molar-refractivity contribution in [2.45, 2.75) is 46.1 Å². The van der Waals surface area contributed by atoms with Crippen LogP contribution in [-0.4, -0.2) is 27.8 Å². The first-order valence-corrected chi connectivity index (χ1v) is 5.92. The quantitative estimate of drug-likeness (QED) is 0.694. The average molecular weight is 223 g/mol. The normalized spacial score (nSPS) is 10.5. The van der Waals surface area contributed by atoms with Gasteiger partial charge in [-0.05, 0) is 20.3 Å². The van der Waals surface area contributed by atoms with Gasteiger partial charge in [-0.3, -0.25) is 0 Å². The van der Waals surface area contributed by atoms with E-state index in [0.29, 0.717) is 12.0 Å². The molecule has 2 N–H and O–H groups in total. The fraction of sp³-hybridized carbons (Fsp3) is 0.727. The highest BCUT2D eigenvalue weighted by Crippen LogP contribution is 2.05. The predicted molar refractivity (Wildman–Crippen MR) is 66.6 cm³/mol. The maximum absolute atomic E-state index is 4.31. The molecule has 5 nitrogen and oxygen atoms in total. The van der Waals surface area contributed by atoms with Crippen molar-refractivity contribution in [3.8, 4) is 0 Å². The van der Waals surface area contributed by atoms with E-state index in [1.165, 1.54) is 12.8 Å². The van der Waals surface area contributed by atoms with Crippen molar-refractivity contribution in [1.29, 1.82) is 0 Å². The molecular weight excluding hydrogens is 202 g/mol. The van der Waals surface area contributed by atoms with Crippen molar-refractivity contribution in [1.82, 2.24) is 15.2 Å². The van der Waals surface area contributed by atoms with Gasteiger partial charge in [-0.2, -0.15) is 10.1 Å². The molecule has 0 atom stereocenters. The lowest BCUT2D eigenvalue weighted by atomic mass is 10.2. The molecule has 0 radical (unpaired) electrons. The number of rotatable bonds is 7. The minimum absolute atomic E-state index is 0.317. The van der Waals surface area contributed by atoms with Gasteiger partial charge >= 0.3 is 0 Å². The minimum Gasteiger partial charge on any atom is -0.369 e. The molecule has 0 aliphatic carbocycles. The maximum atomic E-state index is 4.31. The monoisotopic (exact) mass is 223 g/mol. The minimum atomic E-state index is 0.317. The second-order valence-corrected chi connectivity index (χ2v) is 4.10. The Morgan fingerprint density at radius 3 is 2.81 bits per heavy atom. The van der Waals surface area contributed by atoms with Crippen LogP contribution in [0.25, 0.3) is 0 Å². The Balaban J connectivity index is 2.41. The highest BCUT2D eigenvalue weighted by molar-refractivity contribution is 5.37. The Labute approximate surface area is 97.1 Å². The first-order chi connectivity index (χ1) is 7.72. The zero-order valence-electron chi connectivity index (χ0n) is 10.3. The molecule has 0 amide bonds. The first-order valence-electron chi connectivity index (χ1n) is 5.92. The Hall–Kier alpha value is -1.39. The van der Waals surface area contributed by atoms with Crippen LogP contribution >= 0.6 is 0 Å². The molecule has 1 rings (SSSR count). The molecular formula is C11H21N5. The molecule has 1 heterocycles. The largest absolute Gasteiger partial charge is 0.369 e. The number of anilines is 2. The number of nitrogens with zero attached hydrogens (tertiary/aromatic N) is 3. The van der Waals surface area contributed by atoms with Crippen LogP contribution in [0, 0.1) is 0 Å². The molecule has 1 aromatic rings. The number of aromatic nitrogens is 3. The van der Waals surface area contributed by atoms with E-state index in [1.807, 2.05) is 13.8 Å². The van der Waals surface area contributed by atoms with E-state index >= 15 is 0 Å². The predicted octanol–water partition coefficient (Wildman–Crippen LogP) is 2.29. The van der Waals surface area contributed by atoms with Gasteiger partial charge in [0.05, 0.1) is 6.20 Å². The number of hydrogen-bond donors (Lipinski definition) is 2. The van der Waals surface area contributed by atoms with Gasteiger partial charge in [0, 0.05) is 12.6 Å². The summed E-state index contributed by atoms with van der Waals surface area (Å²) in [6, 6.07) is 0.317. The van der Waals surface area contributed by atoms with Gasteiger partial charge < -0.3 is 10.6 Å². The Morgan fingerprint density at radius 1 is 1.31 bits per heavy atom. The number of unbranched alkanes of at least 4 members (excludes halogenated alkanes) is 2. The third-order valence-corrected chi connectivity index (χ3v) is 2.06. The van der Waals surface area contributed by atoms with Crippen LogP contribution in [0.1, 0.15) is 40.0 Å². The fourth-order valence-electron chi connectivity index (χ4n) is 1.30. The van der Waals surface area contributed by atoms with E-state index in [4.69, 9.17) is 0 Å². The van der Waals surface area contributed by atoms with Gasteiger partial charge in [0.2, 0.25) is 5.95 Å². The summed E-state index contributed by atoms with van der Waals surface area (Å²) in [4.78, 5) is 4.31. The zero-order valence-corrected chi connectivity index (χ0v) is 10.3. The molecule has 0 aliphatic rings. The maximum Gasteiger partial charge on any atom is 0.244 e. The summed E-state index contributed by atoms with van der Waals surface area (Å²) in [6.07, 6.45) is 5.28. The van der Waals surface area contributed by atoms with Crippen LogP contribution in [0.15, 0.2) is 6.20 Å². The summed E-state index contributed by atoms with van der Waals surface area (Å²) in [7, 11) is 0. The lowest BCUT2D eigenvalue weighted by molar-refractivity contribution is 0.741. The van der Waals surface area contributed by atoms with Gasteiger partial charge in [-0.1, -0.05) is 19.8 Å². The van der Waals surface area contributed by atoms with Crippen molar-refractivity contribution in [2.24, 2.45) is 0 Å². The molecule has 0 spiro atoms. The smallest absolute Gasteiger partial charge is 0.244 e. The van der Waals surface area contributed by atoms with Gasteiger partial charge in [0.25, 0.3) is 0 Å². The number of hydrogen-bond acceptors (Lipinski definition) is 5. The summed E-state index contributed by atoms with van der Waals surface area (Å²) in [5.74, 6) is 1.37. The molecule has 16 heavy (non-hydrogen) atoms. The summed E-state index contributed by atoms with van der Waals surface area (Å²) in [5.41, 5.74) is 0. The summed E-state index contributed by atoms with van der Waals surface area (Å²) >= 11 is 0. The van der Waals surface area contributed by atoms with E-state index < -0.39 is 0 Å². The number of nitrogens with one attached hydrogen (secondary N) is 2. The molecule has 90 valence electrons. The molecule has 0 aromatic carbocycles. The first kappa shape index (κ1) is 12.7. The summed E-state index contributed by atoms with van der Waals surface area (Å²) in [6.45, 7) is 7.22. The standard InChI is InChI=1S/C11H21N5/c1-4-5-6-7-12-10-8-13-16-11(15-10)14-9(2)3/h8-9H,4-7H2,1-3H3,(H2,12,14,15,16). The van der Waals surface area contributed by atoms with Crippen LogP contribution in [0.5, 0.6) is 0 Å². The lowest BCUT2D eigenvalue weighted by Crippen LogP contribution is -2.14. The van der Waals surface area contributed by atoms with Gasteiger partial charge in [0.15, 0.2) is 0 Å². The lowest BCUT2D eigenvalue weighted by Gasteiger charge is -2.09. The van der Waals surface area contributed by atoms with Crippen molar-refractivity contribution in [3.05, 3.63) is 6.20 Å². The SMILES string of the molecule is CCCCCNc1cnnc(NC(C)C)n1. The van der Waals surface area contributed by atoms with Crippen LogP contribution in [-0.2, 0) is 0 Å². The highest BCUT2D eigenvalue weighted by Gasteiger charge is 2.00. The molecule has 5 heteroatoms. The molecule has 0 saturated heterocycles. The van der Waals surface area contributed by atoms with E-state index in [-0.39, 0.29) is 0 Å². The van der Waals surface area contributed by atoms with Crippen molar-refractivity contribution < 1.29 is 0 Å². The van der Waals surface area contributed by atoms with Crippen LogP contribution < -0.4 is 10.6 Å². The van der Waals surface area contributed by atoms with Crippen molar-refractivity contribution >= 4 is 11.8 Å². The van der Waals surface area contributed by atoms with E-state index in [2.05, 4.69) is 32.7 Å². The van der Waals surface area contributed by atoms with Gasteiger partial charge in [0.1, 0.15) is 5.82 Å². The van der Waals surface area contributed by atoms with E-state index in [0.717, 1.165) is 18.8 Å².